The van der Waals surface area contributed by atoms with Gasteiger partial charge in [0.2, 0.25) is 0 Å². The fraction of sp³-hybridized carbons (Fsp3) is 0.619. The van der Waals surface area contributed by atoms with E-state index in [1.54, 1.807) is 4.90 Å². The average Bonchev–Trinajstić information content (AvgIpc) is 3.16. The van der Waals surface area contributed by atoms with Crippen LogP contribution >= 0.6 is 0 Å². The SMILES string of the molecule is CC(C)(C)OC(=O)N1C[C@@H]2C[C@H](c3ccc(OCCO)cc3)[C@@H](C(=O)O)[C@@H]2C1. The first kappa shape index (κ1) is 20.5. The second-order valence-electron chi connectivity index (χ2n) is 8.66. The highest BCUT2D eigenvalue weighted by atomic mass is 16.6. The molecule has 2 N–H and O–H groups in total. The summed E-state index contributed by atoms with van der Waals surface area (Å²) >= 11 is 0. The number of fused-ring (bicyclic) bond motifs is 1. The van der Waals surface area contributed by atoms with Crippen molar-refractivity contribution in [3.05, 3.63) is 29.8 Å². The van der Waals surface area contributed by atoms with Gasteiger partial charge in [-0.2, -0.15) is 0 Å². The Labute approximate surface area is 165 Å². The summed E-state index contributed by atoms with van der Waals surface area (Å²) in [6.07, 6.45) is 0.366. The number of likely N-dealkylation sites (tertiary alicyclic amines) is 1. The van der Waals surface area contributed by atoms with Gasteiger partial charge in [-0.3, -0.25) is 4.79 Å². The Hall–Kier alpha value is -2.28. The third kappa shape index (κ3) is 4.41. The molecule has 1 amide bonds. The zero-order valence-electron chi connectivity index (χ0n) is 16.6. The maximum atomic E-state index is 12.4. The molecule has 28 heavy (non-hydrogen) atoms. The van der Waals surface area contributed by atoms with Crippen molar-refractivity contribution in [2.24, 2.45) is 17.8 Å². The molecule has 1 heterocycles. The molecule has 3 rings (SSSR count). The number of aliphatic hydroxyl groups is 1. The number of hydrogen-bond donors (Lipinski definition) is 2. The highest BCUT2D eigenvalue weighted by Gasteiger charge is 2.52. The van der Waals surface area contributed by atoms with Crippen molar-refractivity contribution < 1.29 is 29.3 Å². The van der Waals surface area contributed by atoms with Crippen LogP contribution in [0, 0.1) is 17.8 Å². The minimum Gasteiger partial charge on any atom is -0.491 e. The smallest absolute Gasteiger partial charge is 0.410 e. The number of amides is 1. The van der Waals surface area contributed by atoms with Gasteiger partial charge in [0.1, 0.15) is 18.0 Å². The predicted octanol–water partition coefficient (Wildman–Crippen LogP) is 2.73. The fourth-order valence-electron chi connectivity index (χ4n) is 4.47. The first-order valence-electron chi connectivity index (χ1n) is 9.74. The Bertz CT molecular complexity index is 711. The van der Waals surface area contributed by atoms with Crippen LogP contribution in [-0.4, -0.2) is 59.1 Å². The number of benzene rings is 1. The summed E-state index contributed by atoms with van der Waals surface area (Å²) in [5, 5.41) is 18.7. The summed E-state index contributed by atoms with van der Waals surface area (Å²) in [6.45, 7) is 6.61. The molecule has 1 aliphatic heterocycles. The van der Waals surface area contributed by atoms with E-state index in [9.17, 15) is 14.7 Å². The predicted molar refractivity (Wildman–Crippen MR) is 102 cm³/mol. The van der Waals surface area contributed by atoms with Crippen LogP contribution in [-0.2, 0) is 9.53 Å². The summed E-state index contributed by atoms with van der Waals surface area (Å²) in [5.74, 6) is -0.686. The van der Waals surface area contributed by atoms with E-state index in [0.717, 1.165) is 12.0 Å². The zero-order valence-corrected chi connectivity index (χ0v) is 16.6. The summed E-state index contributed by atoms with van der Waals surface area (Å²) in [7, 11) is 0. The number of ether oxygens (including phenoxy) is 2. The van der Waals surface area contributed by atoms with E-state index in [2.05, 4.69) is 0 Å². The fourth-order valence-corrected chi connectivity index (χ4v) is 4.47. The van der Waals surface area contributed by atoms with Gasteiger partial charge in [-0.05, 0) is 62.6 Å². The van der Waals surface area contributed by atoms with Crippen molar-refractivity contribution in [2.45, 2.75) is 38.7 Å². The van der Waals surface area contributed by atoms with Crippen LogP contribution in [0.5, 0.6) is 5.75 Å². The topological polar surface area (TPSA) is 96.3 Å². The standard InChI is InChI=1S/C21H29NO6/c1-21(2,3)28-20(26)22-11-14-10-16(18(19(24)25)17(14)12-22)13-4-6-15(7-5-13)27-9-8-23/h4-7,14,16-18,23H,8-12H2,1-3H3,(H,24,25)/t14-,16+,17+,18+/m0/s1. The molecular formula is C21H29NO6. The number of rotatable bonds is 5. The molecule has 7 nitrogen and oxygen atoms in total. The van der Waals surface area contributed by atoms with Gasteiger partial charge in [-0.25, -0.2) is 4.79 Å². The van der Waals surface area contributed by atoms with E-state index >= 15 is 0 Å². The van der Waals surface area contributed by atoms with E-state index in [1.807, 2.05) is 45.0 Å². The molecule has 2 aliphatic rings. The molecule has 1 aromatic carbocycles. The lowest BCUT2D eigenvalue weighted by molar-refractivity contribution is -0.143. The van der Waals surface area contributed by atoms with E-state index in [1.165, 1.54) is 0 Å². The number of carboxylic acids is 1. The summed E-state index contributed by atoms with van der Waals surface area (Å²) in [6, 6.07) is 7.43. The van der Waals surface area contributed by atoms with E-state index in [-0.39, 0.29) is 37.1 Å². The zero-order chi connectivity index (χ0) is 20.5. The molecule has 1 saturated carbocycles. The molecule has 0 unspecified atom stereocenters. The lowest BCUT2D eigenvalue weighted by Crippen LogP contribution is -2.37. The van der Waals surface area contributed by atoms with Crippen LogP contribution in [0.4, 0.5) is 4.79 Å². The molecule has 1 aromatic rings. The van der Waals surface area contributed by atoms with Crippen LogP contribution in [0.15, 0.2) is 24.3 Å². The number of aliphatic hydroxyl groups excluding tert-OH is 1. The maximum absolute atomic E-state index is 12.4. The summed E-state index contributed by atoms with van der Waals surface area (Å²) in [4.78, 5) is 26.1. The third-order valence-electron chi connectivity index (χ3n) is 5.55. The molecule has 1 aliphatic carbocycles. The Morgan fingerprint density at radius 3 is 2.43 bits per heavy atom. The van der Waals surface area contributed by atoms with Gasteiger partial charge >= 0.3 is 12.1 Å². The maximum Gasteiger partial charge on any atom is 0.410 e. The van der Waals surface area contributed by atoms with Gasteiger partial charge in [-0.1, -0.05) is 12.1 Å². The second-order valence-corrected chi connectivity index (χ2v) is 8.66. The average molecular weight is 391 g/mol. The molecule has 0 bridgehead atoms. The van der Waals surface area contributed by atoms with E-state index < -0.39 is 17.5 Å². The number of carbonyl (C=O) groups excluding carboxylic acids is 1. The van der Waals surface area contributed by atoms with Crippen LogP contribution in [0.3, 0.4) is 0 Å². The van der Waals surface area contributed by atoms with Gasteiger partial charge in [-0.15, -0.1) is 0 Å². The van der Waals surface area contributed by atoms with Crippen LogP contribution < -0.4 is 4.74 Å². The summed E-state index contributed by atoms with van der Waals surface area (Å²) < 4.78 is 10.8. The van der Waals surface area contributed by atoms with Crippen molar-refractivity contribution >= 4 is 12.1 Å². The molecule has 1 saturated heterocycles. The molecular weight excluding hydrogens is 362 g/mol. The van der Waals surface area contributed by atoms with E-state index in [0.29, 0.717) is 18.8 Å². The lowest BCUT2D eigenvalue weighted by Gasteiger charge is -2.26. The molecule has 0 spiro atoms. The van der Waals surface area contributed by atoms with Crippen LogP contribution in [0.25, 0.3) is 0 Å². The monoisotopic (exact) mass is 391 g/mol. The molecule has 0 radical (unpaired) electrons. The normalized spacial score (nSPS) is 26.8. The quantitative estimate of drug-likeness (QED) is 0.801. The second kappa shape index (κ2) is 7.99. The van der Waals surface area contributed by atoms with Crippen LogP contribution in [0.1, 0.15) is 38.7 Å². The molecule has 7 heteroatoms. The Kier molecular flexibility index (Phi) is 5.84. The van der Waals surface area contributed by atoms with E-state index in [4.69, 9.17) is 14.6 Å². The first-order valence-corrected chi connectivity index (χ1v) is 9.74. The van der Waals surface area contributed by atoms with Crippen molar-refractivity contribution in [2.75, 3.05) is 26.3 Å². The highest BCUT2D eigenvalue weighted by Crippen LogP contribution is 2.51. The number of carboxylic acid groups (broad SMARTS) is 1. The molecule has 4 atom stereocenters. The number of hydrogen-bond acceptors (Lipinski definition) is 5. The lowest BCUT2D eigenvalue weighted by atomic mass is 9.84. The number of carbonyl (C=O) groups is 2. The minimum absolute atomic E-state index is 0.0526. The van der Waals surface area contributed by atoms with Crippen LogP contribution in [0.2, 0.25) is 0 Å². The largest absolute Gasteiger partial charge is 0.491 e. The van der Waals surface area contributed by atoms with Gasteiger partial charge in [0.25, 0.3) is 0 Å². The molecule has 2 fully saturated rings. The van der Waals surface area contributed by atoms with Crippen molar-refractivity contribution in [1.29, 1.82) is 0 Å². The first-order chi connectivity index (χ1) is 13.2. The Morgan fingerprint density at radius 2 is 1.86 bits per heavy atom. The number of nitrogens with zero attached hydrogens (tertiary/aromatic N) is 1. The summed E-state index contributed by atoms with van der Waals surface area (Å²) in [5.41, 5.74) is 0.408. The van der Waals surface area contributed by atoms with Gasteiger partial charge in [0.15, 0.2) is 0 Å². The molecule has 154 valence electrons. The van der Waals surface area contributed by atoms with Gasteiger partial charge in [0.05, 0.1) is 12.5 Å². The Morgan fingerprint density at radius 1 is 1.18 bits per heavy atom. The third-order valence-corrected chi connectivity index (χ3v) is 5.55. The van der Waals surface area contributed by atoms with Gasteiger partial charge < -0.3 is 24.6 Å². The van der Waals surface area contributed by atoms with Crippen molar-refractivity contribution in [3.63, 3.8) is 0 Å². The van der Waals surface area contributed by atoms with Crippen molar-refractivity contribution in [1.82, 2.24) is 4.90 Å². The number of aliphatic carboxylic acids is 1. The Balaban J connectivity index is 1.71. The highest BCUT2D eigenvalue weighted by molar-refractivity contribution is 5.74. The minimum atomic E-state index is -0.816. The molecule has 0 aromatic heterocycles. The van der Waals surface area contributed by atoms with Gasteiger partial charge in [0, 0.05) is 13.1 Å². The van der Waals surface area contributed by atoms with Crippen molar-refractivity contribution in [3.8, 4) is 5.75 Å².